The van der Waals surface area contributed by atoms with E-state index in [0.29, 0.717) is 0 Å². The van der Waals surface area contributed by atoms with E-state index >= 15 is 0 Å². The van der Waals surface area contributed by atoms with Crippen LogP contribution >= 0.6 is 0 Å². The zero-order valence-electron chi connectivity index (χ0n) is 12.4. The monoisotopic (exact) mass is 269 g/mol. The maximum Gasteiger partial charge on any atom is 0.198 e. The van der Waals surface area contributed by atoms with Gasteiger partial charge >= 0.3 is 0 Å². The Morgan fingerprint density at radius 3 is 2.32 bits per heavy atom. The highest BCUT2D eigenvalue weighted by atomic mass is 16.5. The SMILES string of the molecule is CCCCCC/C1=N/CCOCC[N+]12CCOCC2. The van der Waals surface area contributed by atoms with Crippen molar-refractivity contribution in [2.75, 3.05) is 52.6 Å². The fraction of sp³-hybridized carbons (Fsp3) is 0.933. The molecular weight excluding hydrogens is 240 g/mol. The first-order valence-electron chi connectivity index (χ1n) is 7.93. The van der Waals surface area contributed by atoms with E-state index in [9.17, 15) is 0 Å². The first kappa shape index (κ1) is 14.9. The van der Waals surface area contributed by atoms with Gasteiger partial charge in [-0.2, -0.15) is 0 Å². The van der Waals surface area contributed by atoms with E-state index in [1.807, 2.05) is 0 Å². The first-order valence-corrected chi connectivity index (χ1v) is 7.93. The average molecular weight is 269 g/mol. The highest BCUT2D eigenvalue weighted by molar-refractivity contribution is 5.75. The van der Waals surface area contributed by atoms with Crippen LogP contribution < -0.4 is 0 Å². The predicted molar refractivity (Wildman–Crippen MR) is 77.6 cm³/mol. The van der Waals surface area contributed by atoms with Gasteiger partial charge in [0.05, 0.1) is 33.0 Å². The van der Waals surface area contributed by atoms with Crippen molar-refractivity contribution in [1.29, 1.82) is 0 Å². The molecule has 0 amide bonds. The Hall–Kier alpha value is -0.450. The fourth-order valence-electron chi connectivity index (χ4n) is 3.06. The lowest BCUT2D eigenvalue weighted by Crippen LogP contribution is -2.60. The number of quaternary nitrogens is 1. The summed E-state index contributed by atoms with van der Waals surface area (Å²) in [6.45, 7) is 9.73. The number of hydrogen-bond donors (Lipinski definition) is 0. The quantitative estimate of drug-likeness (QED) is 0.566. The van der Waals surface area contributed by atoms with Crippen molar-refractivity contribution in [3.05, 3.63) is 0 Å². The lowest BCUT2D eigenvalue weighted by atomic mass is 10.1. The van der Waals surface area contributed by atoms with Gasteiger partial charge in [0, 0.05) is 6.42 Å². The molecule has 0 N–H and O–H groups in total. The minimum Gasteiger partial charge on any atom is -0.374 e. The van der Waals surface area contributed by atoms with Crippen LogP contribution in [0.15, 0.2) is 4.99 Å². The van der Waals surface area contributed by atoms with Gasteiger partial charge in [-0.1, -0.05) is 26.2 Å². The van der Waals surface area contributed by atoms with E-state index < -0.39 is 0 Å². The molecule has 0 saturated carbocycles. The number of aliphatic imine (C=N–C) groups is 1. The highest BCUT2D eigenvalue weighted by Gasteiger charge is 2.36. The fourth-order valence-corrected chi connectivity index (χ4v) is 3.06. The zero-order valence-corrected chi connectivity index (χ0v) is 12.4. The van der Waals surface area contributed by atoms with E-state index in [1.165, 1.54) is 37.9 Å². The second kappa shape index (κ2) is 7.98. The van der Waals surface area contributed by atoms with Crippen molar-refractivity contribution in [3.63, 3.8) is 0 Å². The minimum atomic E-state index is 0.787. The molecule has 0 aliphatic carbocycles. The molecule has 0 aromatic heterocycles. The summed E-state index contributed by atoms with van der Waals surface area (Å²) in [6.07, 6.45) is 6.44. The molecule has 19 heavy (non-hydrogen) atoms. The molecule has 4 heteroatoms. The van der Waals surface area contributed by atoms with Gasteiger partial charge in [0.25, 0.3) is 0 Å². The normalized spacial score (nSPS) is 26.5. The van der Waals surface area contributed by atoms with Crippen LogP contribution in [0.3, 0.4) is 0 Å². The van der Waals surface area contributed by atoms with Gasteiger partial charge in [0.1, 0.15) is 19.6 Å². The van der Waals surface area contributed by atoms with E-state index in [4.69, 9.17) is 14.5 Å². The Labute approximate surface area is 117 Å². The summed E-state index contributed by atoms with van der Waals surface area (Å²) < 4.78 is 12.2. The van der Waals surface area contributed by atoms with Crippen molar-refractivity contribution in [1.82, 2.24) is 0 Å². The molecule has 2 rings (SSSR count). The largest absolute Gasteiger partial charge is 0.374 e. The molecule has 0 aromatic rings. The molecule has 0 unspecified atom stereocenters. The minimum absolute atomic E-state index is 0.787. The van der Waals surface area contributed by atoms with Crippen LogP contribution in [0.4, 0.5) is 0 Å². The van der Waals surface area contributed by atoms with Gasteiger partial charge in [-0.05, 0) is 6.42 Å². The van der Waals surface area contributed by atoms with E-state index in [1.54, 1.807) is 0 Å². The summed E-state index contributed by atoms with van der Waals surface area (Å²) in [5, 5.41) is 0. The Balaban J connectivity index is 1.99. The molecule has 0 aromatic carbocycles. The third-order valence-corrected chi connectivity index (χ3v) is 4.32. The summed E-state index contributed by atoms with van der Waals surface area (Å²) in [7, 11) is 0. The molecule has 1 fully saturated rings. The molecule has 4 nitrogen and oxygen atoms in total. The van der Waals surface area contributed by atoms with Gasteiger partial charge in [-0.25, -0.2) is 4.99 Å². The number of unbranched alkanes of at least 4 members (excludes halogenated alkanes) is 3. The van der Waals surface area contributed by atoms with Crippen molar-refractivity contribution >= 4 is 5.84 Å². The summed E-state index contributed by atoms with van der Waals surface area (Å²) in [5.41, 5.74) is 0. The second-order valence-electron chi connectivity index (χ2n) is 5.65. The molecule has 0 bridgehead atoms. The summed E-state index contributed by atoms with van der Waals surface area (Å²) in [5.74, 6) is 1.42. The molecule has 110 valence electrons. The van der Waals surface area contributed by atoms with Crippen LogP contribution in [-0.4, -0.2) is 62.9 Å². The van der Waals surface area contributed by atoms with Crippen LogP contribution in [0.25, 0.3) is 0 Å². The Bertz CT molecular complexity index is 286. The van der Waals surface area contributed by atoms with Gasteiger partial charge in [0.2, 0.25) is 0 Å². The van der Waals surface area contributed by atoms with Crippen LogP contribution in [0.5, 0.6) is 0 Å². The van der Waals surface area contributed by atoms with Crippen molar-refractivity contribution in [2.45, 2.75) is 39.0 Å². The first-order chi connectivity index (χ1) is 9.37. The van der Waals surface area contributed by atoms with E-state index in [-0.39, 0.29) is 0 Å². The van der Waals surface area contributed by atoms with Crippen molar-refractivity contribution in [2.24, 2.45) is 4.99 Å². The zero-order chi connectivity index (χ0) is 13.4. The average Bonchev–Trinajstić information content (AvgIpc) is 2.43. The van der Waals surface area contributed by atoms with Crippen molar-refractivity contribution < 1.29 is 14.0 Å². The maximum absolute atomic E-state index is 5.63. The molecule has 2 aliphatic heterocycles. The van der Waals surface area contributed by atoms with Crippen molar-refractivity contribution in [3.8, 4) is 0 Å². The lowest BCUT2D eigenvalue weighted by Gasteiger charge is -2.42. The maximum atomic E-state index is 5.63. The van der Waals surface area contributed by atoms with Crippen LogP contribution in [0.2, 0.25) is 0 Å². The molecular formula is C15H29N2O2+. The van der Waals surface area contributed by atoms with Crippen LogP contribution in [0, 0.1) is 0 Å². The van der Waals surface area contributed by atoms with E-state index in [0.717, 1.165) is 57.1 Å². The second-order valence-corrected chi connectivity index (χ2v) is 5.65. The number of nitrogens with zero attached hydrogens (tertiary/aromatic N) is 2. The number of hydrogen-bond acceptors (Lipinski definition) is 3. The smallest absolute Gasteiger partial charge is 0.198 e. The van der Waals surface area contributed by atoms with Gasteiger partial charge in [0.15, 0.2) is 5.84 Å². The van der Waals surface area contributed by atoms with Gasteiger partial charge < -0.3 is 9.47 Å². The summed E-state index contributed by atoms with van der Waals surface area (Å²) in [6, 6.07) is 0. The Morgan fingerprint density at radius 1 is 0.947 bits per heavy atom. The van der Waals surface area contributed by atoms with Gasteiger partial charge in [-0.15, -0.1) is 0 Å². The van der Waals surface area contributed by atoms with E-state index in [2.05, 4.69) is 6.92 Å². The third-order valence-electron chi connectivity index (χ3n) is 4.32. The summed E-state index contributed by atoms with van der Waals surface area (Å²) in [4.78, 5) is 4.87. The molecule has 0 radical (unpaired) electrons. The van der Waals surface area contributed by atoms with Gasteiger partial charge in [-0.3, -0.25) is 4.48 Å². The highest BCUT2D eigenvalue weighted by Crippen LogP contribution is 2.19. The summed E-state index contributed by atoms with van der Waals surface area (Å²) >= 11 is 0. The molecule has 2 heterocycles. The Kier molecular flexibility index (Phi) is 6.28. The topological polar surface area (TPSA) is 30.8 Å². The lowest BCUT2D eigenvalue weighted by molar-refractivity contribution is -0.853. The molecule has 0 atom stereocenters. The number of morpholine rings is 1. The number of ether oxygens (including phenoxy) is 2. The standard InChI is InChI=1S/C15H29N2O2/c1-2-3-4-5-6-15-16-7-11-18-12-8-17(15)9-13-19-14-10-17/h2-14H2,1H3/q+1/b16-15-. The third kappa shape index (κ3) is 4.26. The Morgan fingerprint density at radius 2 is 1.63 bits per heavy atom. The molecule has 2 aliphatic rings. The van der Waals surface area contributed by atoms with Crippen LogP contribution in [-0.2, 0) is 9.47 Å². The molecule has 1 saturated heterocycles. The number of amidine groups is 1. The predicted octanol–water partition coefficient (Wildman–Crippen LogP) is 2.23. The molecule has 1 spiro atoms. The number of rotatable bonds is 5. The van der Waals surface area contributed by atoms with Crippen LogP contribution in [0.1, 0.15) is 39.0 Å².